The molecule has 0 aromatic heterocycles. The van der Waals surface area contributed by atoms with Gasteiger partial charge in [-0.15, -0.1) is 0 Å². The SMILES string of the molecule is CCCOc1ccccc1C(=O)OC(=O)CC. The highest BCUT2D eigenvalue weighted by Crippen LogP contribution is 2.19. The van der Waals surface area contributed by atoms with Crippen molar-refractivity contribution in [2.75, 3.05) is 6.61 Å². The number of hydrogen-bond donors (Lipinski definition) is 0. The molecule has 0 N–H and O–H groups in total. The lowest BCUT2D eigenvalue weighted by Crippen LogP contribution is -2.13. The molecule has 0 aliphatic heterocycles. The van der Waals surface area contributed by atoms with E-state index in [4.69, 9.17) is 4.74 Å². The molecule has 0 bridgehead atoms. The van der Waals surface area contributed by atoms with Crippen LogP contribution in [0.4, 0.5) is 0 Å². The van der Waals surface area contributed by atoms with Crippen LogP contribution < -0.4 is 4.74 Å². The molecule has 1 aromatic rings. The third-order valence-electron chi connectivity index (χ3n) is 2.06. The number of hydrogen-bond acceptors (Lipinski definition) is 4. The Bertz CT molecular complexity index is 398. The smallest absolute Gasteiger partial charge is 0.349 e. The summed E-state index contributed by atoms with van der Waals surface area (Å²) in [4.78, 5) is 22.7. The van der Waals surface area contributed by atoms with Gasteiger partial charge in [-0.05, 0) is 18.6 Å². The summed E-state index contributed by atoms with van der Waals surface area (Å²) in [5, 5.41) is 0. The van der Waals surface area contributed by atoms with Gasteiger partial charge in [0.25, 0.3) is 0 Å². The fourth-order valence-corrected chi connectivity index (χ4v) is 1.20. The first-order chi connectivity index (χ1) is 8.19. The van der Waals surface area contributed by atoms with Crippen molar-refractivity contribution in [2.24, 2.45) is 0 Å². The summed E-state index contributed by atoms with van der Waals surface area (Å²) in [5.74, 6) is -0.757. The maximum absolute atomic E-state index is 11.7. The van der Waals surface area contributed by atoms with E-state index in [2.05, 4.69) is 4.74 Å². The van der Waals surface area contributed by atoms with Gasteiger partial charge in [0.2, 0.25) is 0 Å². The average Bonchev–Trinajstić information content (AvgIpc) is 2.36. The largest absolute Gasteiger partial charge is 0.493 e. The molecular weight excluding hydrogens is 220 g/mol. The first-order valence-corrected chi connectivity index (χ1v) is 5.65. The van der Waals surface area contributed by atoms with Crippen LogP contribution in [0.5, 0.6) is 5.75 Å². The molecular formula is C13H16O4. The van der Waals surface area contributed by atoms with Crippen molar-refractivity contribution >= 4 is 11.9 Å². The molecule has 0 atom stereocenters. The fourth-order valence-electron chi connectivity index (χ4n) is 1.20. The van der Waals surface area contributed by atoms with E-state index in [0.717, 1.165) is 6.42 Å². The highest BCUT2D eigenvalue weighted by molar-refractivity contribution is 5.98. The Balaban J connectivity index is 2.81. The molecule has 1 rings (SSSR count). The van der Waals surface area contributed by atoms with E-state index in [0.29, 0.717) is 12.4 Å². The fraction of sp³-hybridized carbons (Fsp3) is 0.385. The Morgan fingerprint density at radius 3 is 2.53 bits per heavy atom. The van der Waals surface area contributed by atoms with Crippen LogP contribution in [-0.4, -0.2) is 18.5 Å². The molecule has 0 heterocycles. The maximum Gasteiger partial charge on any atom is 0.349 e. The Kier molecular flexibility index (Phi) is 5.20. The predicted molar refractivity (Wildman–Crippen MR) is 62.9 cm³/mol. The van der Waals surface area contributed by atoms with Crippen LogP contribution in [0.1, 0.15) is 37.0 Å². The molecule has 0 fully saturated rings. The lowest BCUT2D eigenvalue weighted by atomic mass is 10.2. The van der Waals surface area contributed by atoms with Crippen LogP contribution in [0.25, 0.3) is 0 Å². The third-order valence-corrected chi connectivity index (χ3v) is 2.06. The van der Waals surface area contributed by atoms with Crippen molar-refractivity contribution in [3.63, 3.8) is 0 Å². The molecule has 0 aliphatic carbocycles. The summed E-state index contributed by atoms with van der Waals surface area (Å²) in [6, 6.07) is 6.73. The zero-order chi connectivity index (χ0) is 12.7. The van der Waals surface area contributed by atoms with Crippen molar-refractivity contribution in [1.82, 2.24) is 0 Å². The molecule has 0 spiro atoms. The van der Waals surface area contributed by atoms with E-state index < -0.39 is 11.9 Å². The Morgan fingerprint density at radius 1 is 1.18 bits per heavy atom. The van der Waals surface area contributed by atoms with Gasteiger partial charge in [-0.2, -0.15) is 0 Å². The third kappa shape index (κ3) is 3.90. The monoisotopic (exact) mass is 236 g/mol. The molecule has 92 valence electrons. The second kappa shape index (κ2) is 6.68. The maximum atomic E-state index is 11.7. The standard InChI is InChI=1S/C13H16O4/c1-3-9-16-11-8-6-5-7-10(11)13(15)17-12(14)4-2/h5-8H,3-4,9H2,1-2H3. The number of benzene rings is 1. The summed E-state index contributed by atoms with van der Waals surface area (Å²) in [5.41, 5.74) is 0.280. The summed E-state index contributed by atoms with van der Waals surface area (Å²) in [7, 11) is 0. The molecule has 17 heavy (non-hydrogen) atoms. The van der Waals surface area contributed by atoms with Gasteiger partial charge in [0.1, 0.15) is 11.3 Å². The second-order valence-electron chi connectivity index (χ2n) is 3.46. The number of carbonyl (C=O) groups excluding carboxylic acids is 2. The van der Waals surface area contributed by atoms with Gasteiger partial charge >= 0.3 is 11.9 Å². The van der Waals surface area contributed by atoms with E-state index in [1.807, 2.05) is 6.92 Å². The first-order valence-electron chi connectivity index (χ1n) is 5.65. The highest BCUT2D eigenvalue weighted by atomic mass is 16.6. The van der Waals surface area contributed by atoms with Crippen molar-refractivity contribution in [3.05, 3.63) is 29.8 Å². The minimum absolute atomic E-state index is 0.170. The van der Waals surface area contributed by atoms with Gasteiger partial charge in [-0.1, -0.05) is 26.0 Å². The van der Waals surface area contributed by atoms with Crippen LogP contribution in [0.15, 0.2) is 24.3 Å². The predicted octanol–water partition coefficient (Wildman–Crippen LogP) is 2.57. The van der Waals surface area contributed by atoms with Crippen molar-refractivity contribution < 1.29 is 19.1 Å². The summed E-state index contributed by atoms with van der Waals surface area (Å²) in [6.07, 6.45) is 1.01. The number of rotatable bonds is 5. The summed E-state index contributed by atoms with van der Waals surface area (Å²) >= 11 is 0. The van der Waals surface area contributed by atoms with Gasteiger partial charge in [0, 0.05) is 6.42 Å². The first kappa shape index (κ1) is 13.2. The minimum atomic E-state index is -0.663. The van der Waals surface area contributed by atoms with Gasteiger partial charge < -0.3 is 9.47 Å². The molecule has 0 saturated heterocycles. The van der Waals surface area contributed by atoms with E-state index >= 15 is 0 Å². The highest BCUT2D eigenvalue weighted by Gasteiger charge is 2.16. The zero-order valence-electron chi connectivity index (χ0n) is 10.1. The zero-order valence-corrected chi connectivity index (χ0v) is 10.1. The van der Waals surface area contributed by atoms with E-state index in [9.17, 15) is 9.59 Å². The Labute approximate surface area is 101 Å². The quantitative estimate of drug-likeness (QED) is 0.582. The van der Waals surface area contributed by atoms with Crippen molar-refractivity contribution in [3.8, 4) is 5.75 Å². The normalized spacial score (nSPS) is 9.76. The lowest BCUT2D eigenvalue weighted by Gasteiger charge is -2.09. The van der Waals surface area contributed by atoms with Gasteiger partial charge in [0.05, 0.1) is 6.61 Å². The molecule has 0 aliphatic rings. The molecule has 0 unspecified atom stereocenters. The van der Waals surface area contributed by atoms with Gasteiger partial charge in [-0.3, -0.25) is 4.79 Å². The number of esters is 2. The molecule has 1 aromatic carbocycles. The lowest BCUT2D eigenvalue weighted by molar-refractivity contribution is -0.137. The minimum Gasteiger partial charge on any atom is -0.493 e. The molecule has 0 saturated carbocycles. The molecule has 0 amide bonds. The van der Waals surface area contributed by atoms with E-state index in [1.165, 1.54) is 0 Å². The number of carbonyl (C=O) groups is 2. The van der Waals surface area contributed by atoms with Gasteiger partial charge in [-0.25, -0.2) is 4.79 Å². The van der Waals surface area contributed by atoms with E-state index in [-0.39, 0.29) is 12.0 Å². The van der Waals surface area contributed by atoms with Gasteiger partial charge in [0.15, 0.2) is 0 Å². The van der Waals surface area contributed by atoms with Crippen LogP contribution in [0, 0.1) is 0 Å². The van der Waals surface area contributed by atoms with Crippen LogP contribution in [0.3, 0.4) is 0 Å². The molecule has 4 heteroatoms. The van der Waals surface area contributed by atoms with Crippen molar-refractivity contribution in [2.45, 2.75) is 26.7 Å². The van der Waals surface area contributed by atoms with E-state index in [1.54, 1.807) is 31.2 Å². The average molecular weight is 236 g/mol. The number of ether oxygens (including phenoxy) is 2. The number of para-hydroxylation sites is 1. The van der Waals surface area contributed by atoms with Crippen molar-refractivity contribution in [1.29, 1.82) is 0 Å². The van der Waals surface area contributed by atoms with Crippen LogP contribution in [-0.2, 0) is 9.53 Å². The molecule has 0 radical (unpaired) electrons. The second-order valence-corrected chi connectivity index (χ2v) is 3.46. The summed E-state index contributed by atoms with van der Waals surface area (Å²) in [6.45, 7) is 4.13. The van der Waals surface area contributed by atoms with Crippen LogP contribution in [0.2, 0.25) is 0 Å². The Morgan fingerprint density at radius 2 is 1.88 bits per heavy atom. The molecule has 4 nitrogen and oxygen atoms in total. The summed E-state index contributed by atoms with van der Waals surface area (Å²) < 4.78 is 10.1. The topological polar surface area (TPSA) is 52.6 Å². The van der Waals surface area contributed by atoms with Crippen LogP contribution >= 0.6 is 0 Å². The Hall–Kier alpha value is -1.84.